The van der Waals surface area contributed by atoms with Gasteiger partial charge in [0.15, 0.2) is 0 Å². The fraction of sp³-hybridized carbons (Fsp3) is 0.833. The summed E-state index contributed by atoms with van der Waals surface area (Å²) in [5.74, 6) is 0. The number of hydrogen-bond donors (Lipinski definition) is 1. The highest BCUT2D eigenvalue weighted by Crippen LogP contribution is 2.29. The summed E-state index contributed by atoms with van der Waals surface area (Å²) in [5, 5.41) is 3.68. The van der Waals surface area contributed by atoms with Crippen LogP contribution in [0.4, 0.5) is 0 Å². The third-order valence-electron chi connectivity index (χ3n) is 3.32. The minimum atomic E-state index is 0.594. The van der Waals surface area contributed by atoms with Gasteiger partial charge >= 0.3 is 0 Å². The van der Waals surface area contributed by atoms with Crippen LogP contribution in [0.15, 0.2) is 12.7 Å². The van der Waals surface area contributed by atoms with E-state index in [1.807, 2.05) is 6.08 Å². The van der Waals surface area contributed by atoms with Crippen LogP contribution in [-0.4, -0.2) is 36.1 Å². The molecule has 2 nitrogen and oxygen atoms in total. The minimum absolute atomic E-state index is 0.594. The average Bonchev–Trinajstić information content (AvgIpc) is 2.89. The second-order valence-electron chi connectivity index (χ2n) is 4.80. The van der Waals surface area contributed by atoms with Gasteiger partial charge in [-0.3, -0.25) is 4.90 Å². The van der Waals surface area contributed by atoms with Crippen molar-refractivity contribution in [1.29, 1.82) is 0 Å². The van der Waals surface area contributed by atoms with E-state index in [2.05, 4.69) is 23.7 Å². The zero-order valence-corrected chi connectivity index (χ0v) is 9.21. The van der Waals surface area contributed by atoms with Gasteiger partial charge in [0.2, 0.25) is 0 Å². The van der Waals surface area contributed by atoms with Crippen LogP contribution < -0.4 is 5.32 Å². The molecule has 2 aliphatic rings. The first-order valence-electron chi connectivity index (χ1n) is 5.90. The van der Waals surface area contributed by atoms with Crippen molar-refractivity contribution >= 4 is 0 Å². The molecule has 80 valence electrons. The number of likely N-dealkylation sites (tertiary alicyclic amines) is 1. The highest BCUT2D eigenvalue weighted by molar-refractivity contribution is 4.92. The first kappa shape index (κ1) is 10.2. The Hall–Kier alpha value is -0.340. The van der Waals surface area contributed by atoms with Crippen LogP contribution in [0.5, 0.6) is 0 Å². The molecule has 14 heavy (non-hydrogen) atoms. The van der Waals surface area contributed by atoms with E-state index < -0.39 is 0 Å². The lowest BCUT2D eigenvalue weighted by Gasteiger charge is -2.19. The van der Waals surface area contributed by atoms with Gasteiger partial charge in [0.05, 0.1) is 0 Å². The summed E-state index contributed by atoms with van der Waals surface area (Å²) in [6, 6.07) is 2.26. The minimum Gasteiger partial charge on any atom is -0.310 e. The van der Waals surface area contributed by atoms with Crippen LogP contribution in [0.2, 0.25) is 0 Å². The second kappa shape index (κ2) is 4.45. The average molecular weight is 194 g/mol. The van der Waals surface area contributed by atoms with Gasteiger partial charge in [-0.05, 0) is 32.6 Å². The van der Waals surface area contributed by atoms with E-state index in [9.17, 15) is 0 Å². The lowest BCUT2D eigenvalue weighted by atomic mass is 10.2. The van der Waals surface area contributed by atoms with Crippen LogP contribution in [0.1, 0.15) is 32.6 Å². The van der Waals surface area contributed by atoms with Crippen molar-refractivity contribution in [2.75, 3.05) is 13.1 Å². The Morgan fingerprint density at radius 2 is 2.29 bits per heavy atom. The summed E-state index contributed by atoms with van der Waals surface area (Å²) in [6.07, 6.45) is 7.30. The van der Waals surface area contributed by atoms with Crippen molar-refractivity contribution in [1.82, 2.24) is 10.2 Å². The predicted octanol–water partition coefficient (Wildman–Crippen LogP) is 1.78. The van der Waals surface area contributed by atoms with Gasteiger partial charge in [0.1, 0.15) is 0 Å². The molecule has 0 aromatic carbocycles. The Morgan fingerprint density at radius 1 is 1.50 bits per heavy atom. The van der Waals surface area contributed by atoms with Crippen LogP contribution in [0.25, 0.3) is 0 Å². The van der Waals surface area contributed by atoms with Gasteiger partial charge in [-0.2, -0.15) is 0 Å². The van der Waals surface area contributed by atoms with Gasteiger partial charge in [-0.15, -0.1) is 6.58 Å². The van der Waals surface area contributed by atoms with E-state index >= 15 is 0 Å². The number of hydrogen-bond acceptors (Lipinski definition) is 2. The molecule has 2 atom stereocenters. The predicted molar refractivity (Wildman–Crippen MR) is 60.4 cm³/mol. The van der Waals surface area contributed by atoms with E-state index in [-0.39, 0.29) is 0 Å². The fourth-order valence-corrected chi connectivity index (χ4v) is 2.42. The lowest BCUT2D eigenvalue weighted by molar-refractivity contribution is 0.313. The molecule has 1 N–H and O–H groups in total. The number of nitrogens with zero attached hydrogens (tertiary/aromatic N) is 1. The maximum Gasteiger partial charge on any atom is 0.0209 e. The Kier molecular flexibility index (Phi) is 3.24. The molecule has 2 unspecified atom stereocenters. The second-order valence-corrected chi connectivity index (χ2v) is 4.80. The summed E-state index contributed by atoms with van der Waals surface area (Å²) in [7, 11) is 0. The quantitative estimate of drug-likeness (QED) is 0.671. The molecular weight excluding hydrogens is 172 g/mol. The molecule has 0 radical (unpaired) electrons. The maximum absolute atomic E-state index is 3.78. The molecule has 2 rings (SSSR count). The van der Waals surface area contributed by atoms with Crippen molar-refractivity contribution in [3.8, 4) is 0 Å². The Bertz CT molecular complexity index is 198. The van der Waals surface area contributed by atoms with Crippen LogP contribution in [0, 0.1) is 0 Å². The molecule has 0 aromatic heterocycles. The topological polar surface area (TPSA) is 15.3 Å². The monoisotopic (exact) mass is 194 g/mol. The summed E-state index contributed by atoms with van der Waals surface area (Å²) in [4.78, 5) is 2.65. The zero-order chi connectivity index (χ0) is 9.97. The Morgan fingerprint density at radius 3 is 2.93 bits per heavy atom. The van der Waals surface area contributed by atoms with Crippen molar-refractivity contribution in [3.05, 3.63) is 12.7 Å². The van der Waals surface area contributed by atoms with Crippen molar-refractivity contribution in [3.63, 3.8) is 0 Å². The Balaban J connectivity index is 1.69. The third kappa shape index (κ3) is 2.58. The zero-order valence-electron chi connectivity index (χ0n) is 9.21. The smallest absolute Gasteiger partial charge is 0.0209 e. The molecule has 1 aliphatic carbocycles. The van der Waals surface area contributed by atoms with Crippen LogP contribution >= 0.6 is 0 Å². The van der Waals surface area contributed by atoms with Crippen LogP contribution in [0.3, 0.4) is 0 Å². The van der Waals surface area contributed by atoms with Gasteiger partial charge < -0.3 is 5.32 Å². The lowest BCUT2D eigenvalue weighted by Crippen LogP contribution is -2.38. The molecule has 1 aliphatic heterocycles. The summed E-state index contributed by atoms with van der Waals surface area (Å²) < 4.78 is 0. The van der Waals surface area contributed by atoms with Crippen molar-refractivity contribution in [2.45, 2.75) is 50.7 Å². The molecule has 1 saturated heterocycles. The van der Waals surface area contributed by atoms with E-state index in [4.69, 9.17) is 0 Å². The van der Waals surface area contributed by atoms with E-state index in [0.29, 0.717) is 6.04 Å². The van der Waals surface area contributed by atoms with Crippen molar-refractivity contribution in [2.24, 2.45) is 0 Å². The summed E-state index contributed by atoms with van der Waals surface area (Å²) in [5.41, 5.74) is 0. The molecule has 1 heterocycles. The van der Waals surface area contributed by atoms with Crippen LogP contribution in [-0.2, 0) is 0 Å². The van der Waals surface area contributed by atoms with E-state index in [0.717, 1.165) is 18.5 Å². The van der Waals surface area contributed by atoms with Crippen molar-refractivity contribution < 1.29 is 0 Å². The molecule has 0 amide bonds. The molecule has 0 spiro atoms. The standard InChI is InChI=1S/C12H22N2/c1-3-4-10(2)13-11-7-8-14(9-11)12-5-6-12/h3,10-13H,1,4-9H2,2H3. The maximum atomic E-state index is 3.78. The number of nitrogens with one attached hydrogen (secondary N) is 1. The van der Waals surface area contributed by atoms with Gasteiger partial charge in [0, 0.05) is 31.2 Å². The molecular formula is C12H22N2. The molecule has 2 fully saturated rings. The summed E-state index contributed by atoms with van der Waals surface area (Å²) >= 11 is 0. The number of rotatable bonds is 5. The Labute approximate surface area is 87.4 Å². The normalized spacial score (nSPS) is 30.5. The van der Waals surface area contributed by atoms with E-state index in [1.165, 1.54) is 32.4 Å². The highest BCUT2D eigenvalue weighted by Gasteiger charge is 2.34. The third-order valence-corrected chi connectivity index (χ3v) is 3.32. The highest BCUT2D eigenvalue weighted by atomic mass is 15.2. The first-order chi connectivity index (χ1) is 6.79. The van der Waals surface area contributed by atoms with Gasteiger partial charge in [-0.25, -0.2) is 0 Å². The molecule has 1 saturated carbocycles. The van der Waals surface area contributed by atoms with Gasteiger partial charge in [-0.1, -0.05) is 6.08 Å². The summed E-state index contributed by atoms with van der Waals surface area (Å²) in [6.45, 7) is 8.61. The fourth-order valence-electron chi connectivity index (χ4n) is 2.42. The first-order valence-corrected chi connectivity index (χ1v) is 5.90. The SMILES string of the molecule is C=CCC(C)NC1CCN(C2CC2)C1. The van der Waals surface area contributed by atoms with E-state index in [1.54, 1.807) is 0 Å². The molecule has 2 heteroatoms. The molecule has 0 bridgehead atoms. The molecule has 0 aromatic rings. The van der Waals surface area contributed by atoms with Gasteiger partial charge in [0.25, 0.3) is 0 Å². The largest absolute Gasteiger partial charge is 0.310 e.